The number of carboxylic acid groups (broad SMARTS) is 2. The molecule has 6 heteroatoms. The SMILES string of the molecule is O=C([O-])/C=C/C(=O)O.[NH3+]c1ccc(Cl)cc1. The Kier molecular flexibility index (Phi) is 6.58. The lowest BCUT2D eigenvalue weighted by Gasteiger charge is -1.85. The van der Waals surface area contributed by atoms with Gasteiger partial charge in [-0.25, -0.2) is 4.79 Å². The summed E-state index contributed by atoms with van der Waals surface area (Å²) < 4.78 is 0. The zero-order valence-electron chi connectivity index (χ0n) is 8.22. The zero-order valence-corrected chi connectivity index (χ0v) is 8.98. The van der Waals surface area contributed by atoms with Gasteiger partial charge >= 0.3 is 5.97 Å². The average molecular weight is 244 g/mol. The molecule has 16 heavy (non-hydrogen) atoms. The standard InChI is InChI=1S/C6H6ClN.C4H4O4/c7-5-1-3-6(8)4-2-5;5-3(6)1-2-4(7)8/h1-4H,8H2;1-2H,(H,5,6)(H,7,8)/b;2-1+. The van der Waals surface area contributed by atoms with Crippen LogP contribution in [0.25, 0.3) is 0 Å². The first-order valence-electron chi connectivity index (χ1n) is 4.11. The summed E-state index contributed by atoms with van der Waals surface area (Å²) in [6.07, 6.45) is 0.942. The lowest BCUT2D eigenvalue weighted by atomic mass is 10.3. The first-order valence-corrected chi connectivity index (χ1v) is 4.49. The minimum absolute atomic E-state index is 0.447. The van der Waals surface area contributed by atoms with E-state index in [1.165, 1.54) is 0 Å². The van der Waals surface area contributed by atoms with Crippen LogP contribution in [0.2, 0.25) is 5.02 Å². The molecule has 0 radical (unpaired) electrons. The Morgan fingerprint density at radius 3 is 2.00 bits per heavy atom. The maximum atomic E-state index is 9.53. The van der Waals surface area contributed by atoms with Crippen LogP contribution in [-0.2, 0) is 9.59 Å². The zero-order chi connectivity index (χ0) is 12.6. The predicted molar refractivity (Wildman–Crippen MR) is 55.8 cm³/mol. The number of benzene rings is 1. The molecular formula is C10H10ClNO4. The monoisotopic (exact) mass is 243 g/mol. The molecule has 0 heterocycles. The molecule has 0 bridgehead atoms. The average Bonchev–Trinajstić information content (AvgIpc) is 2.20. The first kappa shape index (κ1) is 14.2. The molecule has 0 atom stereocenters. The largest absolute Gasteiger partial charge is 0.545 e. The van der Waals surface area contributed by atoms with Gasteiger partial charge in [-0.15, -0.1) is 0 Å². The first-order chi connectivity index (χ1) is 7.41. The van der Waals surface area contributed by atoms with Crippen LogP contribution < -0.4 is 10.8 Å². The quantitative estimate of drug-likeness (QED) is 0.689. The van der Waals surface area contributed by atoms with E-state index in [0.29, 0.717) is 12.2 Å². The molecule has 1 aromatic rings. The summed E-state index contributed by atoms with van der Waals surface area (Å²) in [7, 11) is 0. The van der Waals surface area contributed by atoms with Crippen molar-refractivity contribution in [1.29, 1.82) is 0 Å². The van der Waals surface area contributed by atoms with E-state index in [0.717, 1.165) is 10.7 Å². The van der Waals surface area contributed by atoms with Crippen LogP contribution in [0.4, 0.5) is 5.69 Å². The van der Waals surface area contributed by atoms with E-state index in [-0.39, 0.29) is 0 Å². The molecule has 0 amide bonds. The molecule has 0 spiro atoms. The summed E-state index contributed by atoms with van der Waals surface area (Å²) in [5, 5.41) is 18.0. The normalized spacial score (nSPS) is 9.38. The molecule has 0 aromatic heterocycles. The third-order valence-electron chi connectivity index (χ3n) is 1.28. The van der Waals surface area contributed by atoms with Crippen molar-refractivity contribution in [3.63, 3.8) is 0 Å². The summed E-state index contributed by atoms with van der Waals surface area (Å²) in [4.78, 5) is 19.0. The Balaban J connectivity index is 0.000000281. The molecule has 0 aliphatic carbocycles. The van der Waals surface area contributed by atoms with E-state index in [2.05, 4.69) is 5.73 Å². The van der Waals surface area contributed by atoms with Crippen molar-refractivity contribution >= 4 is 29.2 Å². The number of carbonyl (C=O) groups is 2. The van der Waals surface area contributed by atoms with Gasteiger partial charge in [-0.1, -0.05) is 11.6 Å². The molecule has 0 aliphatic rings. The fourth-order valence-corrected chi connectivity index (χ4v) is 0.750. The number of aliphatic carboxylic acids is 2. The third kappa shape index (κ3) is 8.74. The van der Waals surface area contributed by atoms with Gasteiger partial charge in [0.15, 0.2) is 0 Å². The molecule has 0 saturated carbocycles. The molecule has 1 aromatic carbocycles. The highest BCUT2D eigenvalue weighted by Gasteiger charge is 1.85. The molecular weight excluding hydrogens is 234 g/mol. The second-order valence-corrected chi connectivity index (χ2v) is 3.05. The molecule has 4 N–H and O–H groups in total. The number of carboxylic acids is 2. The van der Waals surface area contributed by atoms with Crippen molar-refractivity contribution < 1.29 is 25.5 Å². The van der Waals surface area contributed by atoms with Crippen LogP contribution in [0.3, 0.4) is 0 Å². The van der Waals surface area contributed by atoms with Crippen molar-refractivity contribution in [2.45, 2.75) is 0 Å². The lowest BCUT2D eigenvalue weighted by Crippen LogP contribution is -2.39. The molecule has 0 saturated heterocycles. The molecule has 0 aliphatic heterocycles. The molecule has 1 rings (SSSR count). The number of hydrogen-bond donors (Lipinski definition) is 2. The van der Waals surface area contributed by atoms with Gasteiger partial charge in [0.2, 0.25) is 0 Å². The fraction of sp³-hybridized carbons (Fsp3) is 0. The van der Waals surface area contributed by atoms with Gasteiger partial charge in [0.25, 0.3) is 0 Å². The van der Waals surface area contributed by atoms with Crippen LogP contribution in [0.5, 0.6) is 0 Å². The number of rotatable bonds is 2. The van der Waals surface area contributed by atoms with Crippen LogP contribution in [0.1, 0.15) is 0 Å². The van der Waals surface area contributed by atoms with Crippen LogP contribution >= 0.6 is 11.6 Å². The summed E-state index contributed by atoms with van der Waals surface area (Å²) >= 11 is 5.58. The lowest BCUT2D eigenvalue weighted by molar-refractivity contribution is -0.297. The van der Waals surface area contributed by atoms with Gasteiger partial charge in [0, 0.05) is 23.2 Å². The predicted octanol–water partition coefficient (Wildman–Crippen LogP) is -0.409. The minimum atomic E-state index is -1.51. The summed E-state index contributed by atoms with van der Waals surface area (Å²) in [6, 6.07) is 7.40. The highest BCUT2D eigenvalue weighted by molar-refractivity contribution is 6.30. The summed E-state index contributed by atoms with van der Waals surface area (Å²) in [5.74, 6) is -2.80. The van der Waals surface area contributed by atoms with Gasteiger partial charge in [-0.2, -0.15) is 0 Å². The van der Waals surface area contributed by atoms with Crippen LogP contribution in [0.15, 0.2) is 36.4 Å². The van der Waals surface area contributed by atoms with Gasteiger partial charge in [0.05, 0.1) is 5.97 Å². The second kappa shape index (κ2) is 7.44. The Morgan fingerprint density at radius 2 is 1.75 bits per heavy atom. The van der Waals surface area contributed by atoms with Crippen molar-refractivity contribution in [2.75, 3.05) is 0 Å². The highest BCUT2D eigenvalue weighted by atomic mass is 35.5. The summed E-state index contributed by atoms with van der Waals surface area (Å²) in [6.45, 7) is 0. The van der Waals surface area contributed by atoms with Gasteiger partial charge in [0.1, 0.15) is 5.69 Å². The fourth-order valence-electron chi connectivity index (χ4n) is 0.624. The molecule has 5 nitrogen and oxygen atoms in total. The van der Waals surface area contributed by atoms with Crippen molar-refractivity contribution in [1.82, 2.24) is 0 Å². The Morgan fingerprint density at radius 1 is 1.25 bits per heavy atom. The number of carbonyl (C=O) groups excluding carboxylic acids is 1. The molecule has 0 unspecified atom stereocenters. The Labute approximate surface area is 96.8 Å². The number of quaternary nitrogens is 1. The molecule has 0 fully saturated rings. The number of hydrogen-bond acceptors (Lipinski definition) is 3. The van der Waals surface area contributed by atoms with Crippen molar-refractivity contribution in [3.8, 4) is 0 Å². The van der Waals surface area contributed by atoms with Crippen LogP contribution in [0, 0.1) is 0 Å². The van der Waals surface area contributed by atoms with E-state index in [1.54, 1.807) is 0 Å². The van der Waals surface area contributed by atoms with E-state index in [9.17, 15) is 14.7 Å². The van der Waals surface area contributed by atoms with E-state index in [4.69, 9.17) is 16.7 Å². The molecule has 86 valence electrons. The Bertz CT molecular complexity index is 349. The van der Waals surface area contributed by atoms with Gasteiger partial charge < -0.3 is 20.7 Å². The smallest absolute Gasteiger partial charge is 0.328 e. The van der Waals surface area contributed by atoms with Gasteiger partial charge in [-0.3, -0.25) is 0 Å². The maximum Gasteiger partial charge on any atom is 0.328 e. The summed E-state index contributed by atoms with van der Waals surface area (Å²) in [5.41, 5.74) is 4.70. The topological polar surface area (TPSA) is 105 Å². The van der Waals surface area contributed by atoms with E-state index < -0.39 is 11.9 Å². The van der Waals surface area contributed by atoms with Gasteiger partial charge in [-0.05, 0) is 18.2 Å². The Hall–Kier alpha value is -1.85. The third-order valence-corrected chi connectivity index (χ3v) is 1.53. The van der Waals surface area contributed by atoms with E-state index in [1.807, 2.05) is 24.3 Å². The maximum absolute atomic E-state index is 9.53. The number of halogens is 1. The van der Waals surface area contributed by atoms with E-state index >= 15 is 0 Å². The van der Waals surface area contributed by atoms with Crippen molar-refractivity contribution in [3.05, 3.63) is 41.4 Å². The highest BCUT2D eigenvalue weighted by Crippen LogP contribution is 2.08. The second-order valence-electron chi connectivity index (χ2n) is 2.62. The van der Waals surface area contributed by atoms with Crippen molar-refractivity contribution in [2.24, 2.45) is 0 Å². The minimum Gasteiger partial charge on any atom is -0.545 e. The van der Waals surface area contributed by atoms with Crippen LogP contribution in [-0.4, -0.2) is 17.0 Å².